The average molecular weight is 220 g/mol. The Hall–Kier alpha value is -0.930. The third-order valence-corrected chi connectivity index (χ3v) is 3.28. The van der Waals surface area contributed by atoms with Crippen LogP contribution in [-0.4, -0.2) is 24.2 Å². The van der Waals surface area contributed by atoms with Crippen molar-refractivity contribution >= 4 is 0 Å². The first kappa shape index (κ1) is 11.6. The van der Waals surface area contributed by atoms with Gasteiger partial charge in [-0.05, 0) is 25.0 Å². The Morgan fingerprint density at radius 3 is 3.00 bits per heavy atom. The molecule has 0 spiro atoms. The molecule has 88 valence electrons. The van der Waals surface area contributed by atoms with E-state index < -0.39 is 0 Å². The molecule has 2 atom stereocenters. The van der Waals surface area contributed by atoms with Gasteiger partial charge in [0.05, 0.1) is 11.8 Å². The van der Waals surface area contributed by atoms with Crippen LogP contribution in [-0.2, 0) is 11.3 Å². The van der Waals surface area contributed by atoms with Gasteiger partial charge in [0.25, 0.3) is 0 Å². The summed E-state index contributed by atoms with van der Waals surface area (Å²) in [5, 5.41) is 3.55. The largest absolute Gasteiger partial charge is 0.380 e. The Bertz CT molecular complexity index is 302. The van der Waals surface area contributed by atoms with Crippen LogP contribution in [0.15, 0.2) is 24.4 Å². The lowest BCUT2D eigenvalue weighted by Gasteiger charge is -2.31. The fourth-order valence-corrected chi connectivity index (χ4v) is 2.35. The van der Waals surface area contributed by atoms with E-state index in [9.17, 15) is 0 Å². The van der Waals surface area contributed by atoms with Crippen LogP contribution in [0.4, 0.5) is 0 Å². The van der Waals surface area contributed by atoms with Crippen molar-refractivity contribution in [2.45, 2.75) is 44.4 Å². The number of nitrogens with one attached hydrogen (secondary N) is 1. The molecule has 0 aliphatic heterocycles. The zero-order chi connectivity index (χ0) is 11.2. The predicted octanol–water partition coefficient (Wildman–Crippen LogP) is 2.13. The Morgan fingerprint density at radius 2 is 2.25 bits per heavy atom. The number of hydrogen-bond donors (Lipinski definition) is 1. The van der Waals surface area contributed by atoms with Crippen LogP contribution in [0.2, 0.25) is 0 Å². The van der Waals surface area contributed by atoms with Gasteiger partial charge < -0.3 is 10.1 Å². The Labute approximate surface area is 97.2 Å². The van der Waals surface area contributed by atoms with E-state index in [0.29, 0.717) is 12.1 Å². The molecule has 0 aromatic carbocycles. The SMILES string of the molecule is COC1CCCCC1NCc1ccccn1. The molecule has 1 aliphatic rings. The topological polar surface area (TPSA) is 34.1 Å². The number of aromatic nitrogens is 1. The zero-order valence-corrected chi connectivity index (χ0v) is 9.86. The second kappa shape index (κ2) is 5.97. The van der Waals surface area contributed by atoms with Crippen molar-refractivity contribution in [3.8, 4) is 0 Å². The molecule has 3 nitrogen and oxygen atoms in total. The monoisotopic (exact) mass is 220 g/mol. The maximum absolute atomic E-state index is 5.51. The van der Waals surface area contributed by atoms with E-state index in [2.05, 4.69) is 16.4 Å². The van der Waals surface area contributed by atoms with Crippen LogP contribution in [0.5, 0.6) is 0 Å². The molecule has 2 rings (SSSR count). The Kier molecular flexibility index (Phi) is 4.31. The number of nitrogens with zero attached hydrogens (tertiary/aromatic N) is 1. The van der Waals surface area contributed by atoms with E-state index in [1.165, 1.54) is 25.7 Å². The summed E-state index contributed by atoms with van der Waals surface area (Å²) < 4.78 is 5.51. The van der Waals surface area contributed by atoms with Gasteiger partial charge in [0.15, 0.2) is 0 Å². The lowest BCUT2D eigenvalue weighted by Crippen LogP contribution is -2.42. The maximum atomic E-state index is 5.51. The van der Waals surface area contributed by atoms with E-state index >= 15 is 0 Å². The van der Waals surface area contributed by atoms with Gasteiger partial charge >= 0.3 is 0 Å². The first-order chi connectivity index (χ1) is 7.90. The number of rotatable bonds is 4. The molecule has 0 radical (unpaired) electrons. The van der Waals surface area contributed by atoms with Gasteiger partial charge in [0.2, 0.25) is 0 Å². The highest BCUT2D eigenvalue weighted by Crippen LogP contribution is 2.20. The van der Waals surface area contributed by atoms with Gasteiger partial charge in [0, 0.05) is 25.9 Å². The van der Waals surface area contributed by atoms with Gasteiger partial charge in [-0.1, -0.05) is 18.9 Å². The minimum Gasteiger partial charge on any atom is -0.380 e. The molecule has 0 bridgehead atoms. The second-order valence-corrected chi connectivity index (χ2v) is 4.37. The lowest BCUT2D eigenvalue weighted by molar-refractivity contribution is 0.0412. The van der Waals surface area contributed by atoms with Crippen molar-refractivity contribution in [1.82, 2.24) is 10.3 Å². The molecule has 1 aliphatic carbocycles. The highest BCUT2D eigenvalue weighted by Gasteiger charge is 2.24. The maximum Gasteiger partial charge on any atom is 0.0724 e. The Morgan fingerprint density at radius 1 is 1.38 bits per heavy atom. The van der Waals surface area contributed by atoms with Gasteiger partial charge in [-0.25, -0.2) is 0 Å². The first-order valence-electron chi connectivity index (χ1n) is 6.06. The predicted molar refractivity (Wildman–Crippen MR) is 64.1 cm³/mol. The number of ether oxygens (including phenoxy) is 1. The van der Waals surface area contributed by atoms with Crippen LogP contribution in [0.25, 0.3) is 0 Å². The number of methoxy groups -OCH3 is 1. The first-order valence-corrected chi connectivity index (χ1v) is 6.06. The van der Waals surface area contributed by atoms with Crippen molar-refractivity contribution in [2.24, 2.45) is 0 Å². The van der Waals surface area contributed by atoms with Crippen LogP contribution < -0.4 is 5.32 Å². The minimum atomic E-state index is 0.373. The van der Waals surface area contributed by atoms with Crippen molar-refractivity contribution in [3.05, 3.63) is 30.1 Å². The van der Waals surface area contributed by atoms with Crippen LogP contribution in [0, 0.1) is 0 Å². The van der Waals surface area contributed by atoms with Gasteiger partial charge in [0.1, 0.15) is 0 Å². The van der Waals surface area contributed by atoms with Crippen LogP contribution >= 0.6 is 0 Å². The highest BCUT2D eigenvalue weighted by atomic mass is 16.5. The molecular formula is C13H20N2O. The second-order valence-electron chi connectivity index (χ2n) is 4.37. The van der Waals surface area contributed by atoms with Crippen molar-refractivity contribution in [3.63, 3.8) is 0 Å². The molecular weight excluding hydrogens is 200 g/mol. The molecule has 2 unspecified atom stereocenters. The van der Waals surface area contributed by atoms with Gasteiger partial charge in [-0.2, -0.15) is 0 Å². The van der Waals surface area contributed by atoms with E-state index in [4.69, 9.17) is 4.74 Å². The van der Waals surface area contributed by atoms with Gasteiger partial charge in [-0.15, -0.1) is 0 Å². The highest BCUT2D eigenvalue weighted by molar-refractivity contribution is 5.03. The molecule has 0 amide bonds. The molecule has 1 heterocycles. The molecule has 1 aromatic heterocycles. The summed E-state index contributed by atoms with van der Waals surface area (Å²) in [4.78, 5) is 4.31. The van der Waals surface area contributed by atoms with Crippen molar-refractivity contribution < 1.29 is 4.74 Å². The summed E-state index contributed by atoms with van der Waals surface area (Å²) in [6.07, 6.45) is 7.20. The quantitative estimate of drug-likeness (QED) is 0.844. The number of hydrogen-bond acceptors (Lipinski definition) is 3. The summed E-state index contributed by atoms with van der Waals surface area (Å²) in [5.74, 6) is 0. The van der Waals surface area contributed by atoms with E-state index in [1.807, 2.05) is 25.4 Å². The molecule has 3 heteroatoms. The van der Waals surface area contributed by atoms with E-state index in [1.54, 1.807) is 0 Å². The zero-order valence-electron chi connectivity index (χ0n) is 9.86. The number of pyridine rings is 1. The van der Waals surface area contributed by atoms with Crippen molar-refractivity contribution in [2.75, 3.05) is 7.11 Å². The standard InChI is InChI=1S/C13H20N2O/c1-16-13-8-3-2-7-12(13)15-10-11-6-4-5-9-14-11/h4-6,9,12-13,15H,2-3,7-8,10H2,1H3. The molecule has 1 fully saturated rings. The van der Waals surface area contributed by atoms with Crippen molar-refractivity contribution in [1.29, 1.82) is 0 Å². The van der Waals surface area contributed by atoms with Crippen LogP contribution in [0.3, 0.4) is 0 Å². The van der Waals surface area contributed by atoms with E-state index in [0.717, 1.165) is 12.2 Å². The summed E-state index contributed by atoms with van der Waals surface area (Å²) in [6, 6.07) is 6.51. The molecule has 1 N–H and O–H groups in total. The lowest BCUT2D eigenvalue weighted by atomic mass is 9.92. The fourth-order valence-electron chi connectivity index (χ4n) is 2.35. The molecule has 1 saturated carbocycles. The normalized spacial score (nSPS) is 25.6. The minimum absolute atomic E-state index is 0.373. The smallest absolute Gasteiger partial charge is 0.0724 e. The summed E-state index contributed by atoms with van der Waals surface area (Å²) in [6.45, 7) is 0.839. The third kappa shape index (κ3) is 3.03. The fraction of sp³-hybridized carbons (Fsp3) is 0.615. The molecule has 1 aromatic rings. The molecule has 16 heavy (non-hydrogen) atoms. The molecule has 0 saturated heterocycles. The summed E-state index contributed by atoms with van der Waals surface area (Å²) >= 11 is 0. The van der Waals surface area contributed by atoms with Gasteiger partial charge in [-0.3, -0.25) is 4.98 Å². The Balaban J connectivity index is 1.84. The average Bonchev–Trinajstić information content (AvgIpc) is 2.38. The summed E-state index contributed by atoms with van der Waals surface area (Å²) in [7, 11) is 1.81. The summed E-state index contributed by atoms with van der Waals surface area (Å²) in [5.41, 5.74) is 1.10. The third-order valence-electron chi connectivity index (χ3n) is 3.28. The van der Waals surface area contributed by atoms with Crippen LogP contribution in [0.1, 0.15) is 31.4 Å². The van der Waals surface area contributed by atoms with E-state index in [-0.39, 0.29) is 0 Å².